The van der Waals surface area contributed by atoms with Crippen LogP contribution in [-0.2, 0) is 14.4 Å². The van der Waals surface area contributed by atoms with Gasteiger partial charge in [-0.3, -0.25) is 25.2 Å². The molecule has 0 saturated carbocycles. The highest BCUT2D eigenvalue weighted by molar-refractivity contribution is 7.10. The van der Waals surface area contributed by atoms with Crippen molar-refractivity contribution in [2.45, 2.75) is 32.4 Å². The highest BCUT2D eigenvalue weighted by Crippen LogP contribution is 2.22. The van der Waals surface area contributed by atoms with E-state index in [0.717, 1.165) is 4.88 Å². The van der Waals surface area contributed by atoms with Crippen LogP contribution >= 0.6 is 11.3 Å². The van der Waals surface area contributed by atoms with Gasteiger partial charge in [0.25, 0.3) is 5.91 Å². The van der Waals surface area contributed by atoms with Gasteiger partial charge in [0.05, 0.1) is 12.5 Å². The lowest BCUT2D eigenvalue weighted by molar-refractivity contribution is -0.133. The van der Waals surface area contributed by atoms with E-state index in [0.29, 0.717) is 0 Å². The van der Waals surface area contributed by atoms with Crippen LogP contribution in [0.25, 0.3) is 0 Å². The maximum atomic E-state index is 13.5. The summed E-state index contributed by atoms with van der Waals surface area (Å²) < 4.78 is 18.8. The molecule has 3 amide bonds. The highest BCUT2D eigenvalue weighted by Gasteiger charge is 2.20. The van der Waals surface area contributed by atoms with Crippen molar-refractivity contribution in [3.8, 4) is 5.75 Å². The van der Waals surface area contributed by atoms with Gasteiger partial charge < -0.3 is 10.1 Å². The molecule has 0 saturated heterocycles. The van der Waals surface area contributed by atoms with Crippen LogP contribution in [0.15, 0.2) is 41.8 Å². The Kier molecular flexibility index (Phi) is 7.30. The van der Waals surface area contributed by atoms with E-state index in [4.69, 9.17) is 4.74 Å². The Morgan fingerprint density at radius 3 is 2.52 bits per heavy atom. The lowest BCUT2D eigenvalue weighted by Crippen LogP contribution is -2.48. The molecule has 2 rings (SSSR count). The smallest absolute Gasteiger partial charge is 0.279 e. The van der Waals surface area contributed by atoms with Crippen LogP contribution in [0, 0.1) is 5.82 Å². The first-order valence-electron chi connectivity index (χ1n) is 8.17. The molecule has 0 spiro atoms. The van der Waals surface area contributed by atoms with Crippen molar-refractivity contribution in [3.05, 3.63) is 52.5 Å². The molecular formula is C18H20FN3O4S. The molecule has 0 aliphatic heterocycles. The highest BCUT2D eigenvalue weighted by atomic mass is 32.1. The number of benzene rings is 1. The number of hydrogen-bond donors (Lipinski definition) is 3. The molecule has 2 atom stereocenters. The van der Waals surface area contributed by atoms with E-state index in [1.54, 1.807) is 12.1 Å². The molecule has 0 aliphatic carbocycles. The molecule has 0 radical (unpaired) electrons. The average Bonchev–Trinajstić information content (AvgIpc) is 3.15. The van der Waals surface area contributed by atoms with Crippen LogP contribution in [0.3, 0.4) is 0 Å². The standard InChI is InChI=1S/C18H20FN3O4S/c1-11(26-15-7-4-3-6-13(15)19)18(25)22-21-17(24)10-14(20-12(2)23)16-8-5-9-27-16/h3-9,11,14H,10H2,1-2H3,(H,20,23)(H,21,24)(H,22,25)/t11-,14+/m0/s1. The summed E-state index contributed by atoms with van der Waals surface area (Å²) in [5.41, 5.74) is 4.50. The van der Waals surface area contributed by atoms with Crippen molar-refractivity contribution < 1.29 is 23.5 Å². The normalized spacial score (nSPS) is 12.6. The Morgan fingerprint density at radius 1 is 1.15 bits per heavy atom. The van der Waals surface area contributed by atoms with Crippen molar-refractivity contribution in [1.29, 1.82) is 0 Å². The zero-order valence-electron chi connectivity index (χ0n) is 14.8. The number of ether oxygens (including phenoxy) is 1. The number of rotatable bonds is 7. The maximum Gasteiger partial charge on any atom is 0.279 e. The van der Waals surface area contributed by atoms with Crippen molar-refractivity contribution in [1.82, 2.24) is 16.2 Å². The van der Waals surface area contributed by atoms with E-state index in [9.17, 15) is 18.8 Å². The summed E-state index contributed by atoms with van der Waals surface area (Å²) in [6.07, 6.45) is -1.08. The van der Waals surface area contributed by atoms with E-state index in [1.807, 2.05) is 11.4 Å². The first-order chi connectivity index (χ1) is 12.9. The molecule has 1 heterocycles. The fraction of sp³-hybridized carbons (Fsp3) is 0.278. The Balaban J connectivity index is 1.85. The lowest BCUT2D eigenvalue weighted by atomic mass is 10.1. The molecule has 1 aromatic carbocycles. The van der Waals surface area contributed by atoms with Crippen LogP contribution in [-0.4, -0.2) is 23.8 Å². The number of hydrogen-bond acceptors (Lipinski definition) is 5. The molecule has 144 valence electrons. The van der Waals surface area contributed by atoms with Gasteiger partial charge in [-0.05, 0) is 30.5 Å². The quantitative estimate of drug-likeness (QED) is 0.628. The van der Waals surface area contributed by atoms with E-state index >= 15 is 0 Å². The molecule has 0 bridgehead atoms. The van der Waals surface area contributed by atoms with Crippen molar-refractivity contribution in [3.63, 3.8) is 0 Å². The summed E-state index contributed by atoms with van der Waals surface area (Å²) in [7, 11) is 0. The topological polar surface area (TPSA) is 96.5 Å². The van der Waals surface area contributed by atoms with Gasteiger partial charge >= 0.3 is 0 Å². The number of halogens is 1. The van der Waals surface area contributed by atoms with E-state index in [-0.39, 0.29) is 18.1 Å². The van der Waals surface area contributed by atoms with Gasteiger partial charge in [-0.25, -0.2) is 4.39 Å². The number of thiophene rings is 1. The van der Waals surface area contributed by atoms with Crippen LogP contribution < -0.4 is 20.9 Å². The molecular weight excluding hydrogens is 373 g/mol. The predicted octanol–water partition coefficient (Wildman–Crippen LogP) is 2.07. The minimum absolute atomic E-state index is 0.0527. The zero-order valence-corrected chi connectivity index (χ0v) is 15.6. The van der Waals surface area contributed by atoms with Gasteiger partial charge in [0.2, 0.25) is 11.8 Å². The van der Waals surface area contributed by atoms with Crippen molar-refractivity contribution in [2.24, 2.45) is 0 Å². The second-order valence-electron chi connectivity index (χ2n) is 5.70. The maximum absolute atomic E-state index is 13.5. The molecule has 1 aromatic heterocycles. The average molecular weight is 393 g/mol. The SMILES string of the molecule is CC(=O)N[C@H](CC(=O)NNC(=O)[C@H](C)Oc1ccccc1F)c1cccs1. The summed E-state index contributed by atoms with van der Waals surface area (Å²) in [5.74, 6) is -2.05. The minimum atomic E-state index is -1.02. The molecule has 0 fully saturated rings. The monoisotopic (exact) mass is 393 g/mol. The van der Waals surface area contributed by atoms with Crippen molar-refractivity contribution >= 4 is 29.1 Å². The first-order valence-corrected chi connectivity index (χ1v) is 9.05. The van der Waals surface area contributed by atoms with Crippen LogP contribution in [0.4, 0.5) is 4.39 Å². The number of amides is 3. The zero-order chi connectivity index (χ0) is 19.8. The summed E-state index contributed by atoms with van der Waals surface area (Å²) in [4.78, 5) is 36.3. The number of hydrazine groups is 1. The van der Waals surface area contributed by atoms with Gasteiger partial charge in [-0.1, -0.05) is 18.2 Å². The van der Waals surface area contributed by atoms with Gasteiger partial charge in [0.15, 0.2) is 17.7 Å². The molecule has 7 nitrogen and oxygen atoms in total. The van der Waals surface area contributed by atoms with E-state index in [2.05, 4.69) is 16.2 Å². The summed E-state index contributed by atoms with van der Waals surface area (Å²) in [6, 6.07) is 8.83. The third kappa shape index (κ3) is 6.37. The van der Waals surface area contributed by atoms with Gasteiger partial charge in [0.1, 0.15) is 0 Å². The van der Waals surface area contributed by atoms with Crippen LogP contribution in [0.2, 0.25) is 0 Å². The Labute approximate surface area is 159 Å². The van der Waals surface area contributed by atoms with E-state index in [1.165, 1.54) is 43.4 Å². The van der Waals surface area contributed by atoms with Crippen LogP contribution in [0.5, 0.6) is 5.75 Å². The first kappa shape index (κ1) is 20.4. The fourth-order valence-corrected chi connectivity index (χ4v) is 2.99. The number of nitrogens with one attached hydrogen (secondary N) is 3. The Bertz CT molecular complexity index is 798. The Morgan fingerprint density at radius 2 is 1.89 bits per heavy atom. The number of para-hydroxylation sites is 1. The molecule has 2 aromatic rings. The summed E-state index contributed by atoms with van der Waals surface area (Å²) >= 11 is 1.41. The Hall–Kier alpha value is -2.94. The van der Waals surface area contributed by atoms with Gasteiger partial charge in [0, 0.05) is 11.8 Å². The molecule has 3 N–H and O–H groups in total. The fourth-order valence-electron chi connectivity index (χ4n) is 2.21. The third-order valence-electron chi connectivity index (χ3n) is 3.49. The minimum Gasteiger partial charge on any atom is -0.478 e. The predicted molar refractivity (Wildman–Crippen MR) is 98.3 cm³/mol. The van der Waals surface area contributed by atoms with E-state index < -0.39 is 29.8 Å². The number of carbonyl (C=O) groups excluding carboxylic acids is 3. The molecule has 0 aliphatic rings. The third-order valence-corrected chi connectivity index (χ3v) is 4.47. The van der Waals surface area contributed by atoms with Gasteiger partial charge in [-0.15, -0.1) is 11.3 Å². The molecule has 0 unspecified atom stereocenters. The second kappa shape index (κ2) is 9.67. The summed E-state index contributed by atoms with van der Waals surface area (Å²) in [6.45, 7) is 2.79. The number of carbonyl (C=O) groups is 3. The molecule has 27 heavy (non-hydrogen) atoms. The van der Waals surface area contributed by atoms with Gasteiger partial charge in [-0.2, -0.15) is 0 Å². The van der Waals surface area contributed by atoms with Crippen LogP contribution in [0.1, 0.15) is 31.2 Å². The largest absolute Gasteiger partial charge is 0.478 e. The van der Waals surface area contributed by atoms with Crippen molar-refractivity contribution in [2.75, 3.05) is 0 Å². The second-order valence-corrected chi connectivity index (χ2v) is 6.68. The lowest BCUT2D eigenvalue weighted by Gasteiger charge is -2.18. The molecule has 9 heteroatoms. The summed E-state index contributed by atoms with van der Waals surface area (Å²) in [5, 5.41) is 4.53.